The highest BCUT2D eigenvalue weighted by molar-refractivity contribution is 5.94. The molecule has 2 heteroatoms. The fourth-order valence-corrected chi connectivity index (χ4v) is 1.71. The van der Waals surface area contributed by atoms with Gasteiger partial charge in [-0.05, 0) is 23.9 Å². The number of anilines is 1. The van der Waals surface area contributed by atoms with Crippen LogP contribution in [-0.2, 0) is 6.42 Å². The van der Waals surface area contributed by atoms with E-state index in [-0.39, 0.29) is 0 Å². The van der Waals surface area contributed by atoms with Gasteiger partial charge in [0.15, 0.2) is 0 Å². The van der Waals surface area contributed by atoms with Gasteiger partial charge in [0.1, 0.15) is 0 Å². The van der Waals surface area contributed by atoms with Gasteiger partial charge < -0.3 is 11.5 Å². The third-order valence-corrected chi connectivity index (χ3v) is 2.47. The van der Waals surface area contributed by atoms with Crippen LogP contribution in [0.25, 0.3) is 10.8 Å². The van der Waals surface area contributed by atoms with Crippen molar-refractivity contribution in [2.45, 2.75) is 6.42 Å². The van der Waals surface area contributed by atoms with E-state index in [9.17, 15) is 0 Å². The van der Waals surface area contributed by atoms with Crippen molar-refractivity contribution in [1.82, 2.24) is 0 Å². The zero-order chi connectivity index (χ0) is 9.97. The first-order valence-corrected chi connectivity index (χ1v) is 4.79. The first-order chi connectivity index (χ1) is 6.83. The van der Waals surface area contributed by atoms with Crippen LogP contribution in [0.3, 0.4) is 0 Å². The van der Waals surface area contributed by atoms with Crippen molar-refractivity contribution < 1.29 is 0 Å². The van der Waals surface area contributed by atoms with Gasteiger partial charge >= 0.3 is 0 Å². The summed E-state index contributed by atoms with van der Waals surface area (Å²) in [5.74, 6) is 0. The zero-order valence-electron chi connectivity index (χ0n) is 8.03. The van der Waals surface area contributed by atoms with Gasteiger partial charge in [-0.15, -0.1) is 0 Å². The molecule has 2 rings (SSSR count). The minimum atomic E-state index is 0.641. The van der Waals surface area contributed by atoms with E-state index in [1.165, 1.54) is 5.39 Å². The summed E-state index contributed by atoms with van der Waals surface area (Å²) in [5, 5.41) is 2.31. The number of fused-ring (bicyclic) bond motifs is 1. The molecule has 0 radical (unpaired) electrons. The summed E-state index contributed by atoms with van der Waals surface area (Å²) < 4.78 is 0. The summed E-state index contributed by atoms with van der Waals surface area (Å²) in [7, 11) is 0. The van der Waals surface area contributed by atoms with Crippen molar-refractivity contribution in [3.8, 4) is 0 Å². The predicted molar refractivity (Wildman–Crippen MR) is 61.1 cm³/mol. The smallest absolute Gasteiger partial charge is 0.0426 e. The molecule has 2 aromatic rings. The molecule has 2 aromatic carbocycles. The Bertz CT molecular complexity index is 449. The lowest BCUT2D eigenvalue weighted by atomic mass is 10.0. The number of nitrogens with two attached hydrogens (primary N) is 2. The van der Waals surface area contributed by atoms with E-state index >= 15 is 0 Å². The summed E-state index contributed by atoms with van der Waals surface area (Å²) in [5.41, 5.74) is 13.6. The maximum absolute atomic E-state index is 6.05. The highest BCUT2D eigenvalue weighted by Gasteiger charge is 2.02. The molecule has 0 aromatic heterocycles. The molecule has 0 heterocycles. The number of hydrogen-bond acceptors (Lipinski definition) is 2. The standard InChI is InChI=1S/C12H14N2/c13-8-7-10-6-5-9-3-1-2-4-11(9)12(10)14/h1-6H,7-8,13-14H2. The first kappa shape index (κ1) is 9.03. The normalized spacial score (nSPS) is 10.6. The number of benzene rings is 2. The average molecular weight is 186 g/mol. The van der Waals surface area contributed by atoms with Crippen LogP contribution in [0.4, 0.5) is 5.69 Å². The Labute approximate surface area is 83.5 Å². The molecule has 2 nitrogen and oxygen atoms in total. The molecule has 0 aliphatic carbocycles. The summed E-state index contributed by atoms with van der Waals surface area (Å²) in [6.07, 6.45) is 0.844. The zero-order valence-corrected chi connectivity index (χ0v) is 8.03. The van der Waals surface area contributed by atoms with E-state index in [1.807, 2.05) is 18.2 Å². The van der Waals surface area contributed by atoms with E-state index in [0.29, 0.717) is 6.54 Å². The molecule has 0 saturated carbocycles. The molecule has 4 N–H and O–H groups in total. The lowest BCUT2D eigenvalue weighted by Crippen LogP contribution is -2.05. The van der Waals surface area contributed by atoms with Crippen LogP contribution < -0.4 is 11.5 Å². The van der Waals surface area contributed by atoms with E-state index in [1.54, 1.807) is 0 Å². The third-order valence-electron chi connectivity index (χ3n) is 2.47. The van der Waals surface area contributed by atoms with Gasteiger partial charge in [0, 0.05) is 11.1 Å². The van der Waals surface area contributed by atoms with Crippen LogP contribution in [0.15, 0.2) is 36.4 Å². The van der Waals surface area contributed by atoms with Crippen molar-refractivity contribution in [3.63, 3.8) is 0 Å². The topological polar surface area (TPSA) is 52.0 Å². The van der Waals surface area contributed by atoms with Crippen LogP contribution in [0.2, 0.25) is 0 Å². The number of nitrogen functional groups attached to an aromatic ring is 1. The molecular formula is C12H14N2. The molecule has 0 spiro atoms. The van der Waals surface area contributed by atoms with E-state index in [0.717, 1.165) is 23.1 Å². The summed E-state index contributed by atoms with van der Waals surface area (Å²) in [6, 6.07) is 12.3. The van der Waals surface area contributed by atoms with Crippen molar-refractivity contribution in [2.24, 2.45) is 5.73 Å². The second-order valence-corrected chi connectivity index (χ2v) is 3.40. The van der Waals surface area contributed by atoms with E-state index in [4.69, 9.17) is 11.5 Å². The van der Waals surface area contributed by atoms with Crippen molar-refractivity contribution in [1.29, 1.82) is 0 Å². The van der Waals surface area contributed by atoms with E-state index < -0.39 is 0 Å². The number of hydrogen-bond donors (Lipinski definition) is 2. The van der Waals surface area contributed by atoms with Gasteiger partial charge in [-0.25, -0.2) is 0 Å². The van der Waals surface area contributed by atoms with Crippen LogP contribution in [-0.4, -0.2) is 6.54 Å². The molecule has 0 unspecified atom stereocenters. The van der Waals surface area contributed by atoms with Gasteiger partial charge in [-0.3, -0.25) is 0 Å². The largest absolute Gasteiger partial charge is 0.398 e. The van der Waals surface area contributed by atoms with Gasteiger partial charge in [0.2, 0.25) is 0 Å². The molecular weight excluding hydrogens is 172 g/mol. The van der Waals surface area contributed by atoms with Crippen LogP contribution in [0.5, 0.6) is 0 Å². The molecule has 0 bridgehead atoms. The third kappa shape index (κ3) is 1.44. The fourth-order valence-electron chi connectivity index (χ4n) is 1.71. The maximum Gasteiger partial charge on any atom is 0.0426 e. The molecule has 0 aliphatic rings. The fraction of sp³-hybridized carbons (Fsp3) is 0.167. The van der Waals surface area contributed by atoms with Gasteiger partial charge in [-0.1, -0.05) is 36.4 Å². The highest BCUT2D eigenvalue weighted by Crippen LogP contribution is 2.24. The van der Waals surface area contributed by atoms with Crippen LogP contribution >= 0.6 is 0 Å². The molecule has 14 heavy (non-hydrogen) atoms. The molecule has 0 atom stereocenters. The minimum absolute atomic E-state index is 0.641. The predicted octanol–water partition coefficient (Wildman–Crippen LogP) is 1.92. The minimum Gasteiger partial charge on any atom is -0.398 e. The Balaban J connectivity index is 2.63. The Morgan fingerprint density at radius 1 is 1.00 bits per heavy atom. The Kier molecular flexibility index (Phi) is 2.37. The monoisotopic (exact) mass is 186 g/mol. The van der Waals surface area contributed by atoms with Gasteiger partial charge in [0.05, 0.1) is 0 Å². The molecule has 0 fully saturated rings. The summed E-state index contributed by atoms with van der Waals surface area (Å²) >= 11 is 0. The first-order valence-electron chi connectivity index (χ1n) is 4.79. The Morgan fingerprint density at radius 3 is 2.57 bits per heavy atom. The highest BCUT2D eigenvalue weighted by atomic mass is 14.6. The van der Waals surface area contributed by atoms with Crippen LogP contribution in [0.1, 0.15) is 5.56 Å². The molecule has 0 aliphatic heterocycles. The van der Waals surface area contributed by atoms with E-state index in [2.05, 4.69) is 18.2 Å². The molecule has 0 amide bonds. The summed E-state index contributed by atoms with van der Waals surface area (Å²) in [4.78, 5) is 0. The maximum atomic E-state index is 6.05. The SMILES string of the molecule is NCCc1ccc2ccccc2c1N. The molecule has 72 valence electrons. The lowest BCUT2D eigenvalue weighted by Gasteiger charge is -2.07. The number of rotatable bonds is 2. The Morgan fingerprint density at radius 2 is 1.79 bits per heavy atom. The summed E-state index contributed by atoms with van der Waals surface area (Å²) in [6.45, 7) is 0.641. The van der Waals surface area contributed by atoms with Gasteiger partial charge in [-0.2, -0.15) is 0 Å². The molecule has 0 saturated heterocycles. The lowest BCUT2D eigenvalue weighted by molar-refractivity contribution is 0.973. The Hall–Kier alpha value is -1.54. The van der Waals surface area contributed by atoms with Crippen LogP contribution in [0, 0.1) is 0 Å². The average Bonchev–Trinajstić information content (AvgIpc) is 2.23. The van der Waals surface area contributed by atoms with Gasteiger partial charge in [0.25, 0.3) is 0 Å². The van der Waals surface area contributed by atoms with Crippen molar-refractivity contribution in [2.75, 3.05) is 12.3 Å². The second-order valence-electron chi connectivity index (χ2n) is 3.40. The second kappa shape index (κ2) is 3.68. The van der Waals surface area contributed by atoms with Crippen molar-refractivity contribution in [3.05, 3.63) is 42.0 Å². The van der Waals surface area contributed by atoms with Crippen molar-refractivity contribution >= 4 is 16.5 Å². The quantitative estimate of drug-likeness (QED) is 0.704.